The van der Waals surface area contributed by atoms with Crippen molar-refractivity contribution in [1.82, 2.24) is 9.55 Å². The molecule has 0 saturated carbocycles. The van der Waals surface area contributed by atoms with Crippen LogP contribution in [0.1, 0.15) is 32.5 Å². The van der Waals surface area contributed by atoms with Crippen LogP contribution in [0.2, 0.25) is 0 Å². The lowest BCUT2D eigenvalue weighted by Gasteiger charge is -2.15. The van der Waals surface area contributed by atoms with Gasteiger partial charge in [0.05, 0.1) is 18.1 Å². The molecule has 4 heteroatoms. The lowest BCUT2D eigenvalue weighted by Crippen LogP contribution is -2.20. The Hall–Kier alpha value is -0.870. The van der Waals surface area contributed by atoms with Crippen LogP contribution >= 0.6 is 0 Å². The van der Waals surface area contributed by atoms with Gasteiger partial charge in [0.15, 0.2) is 0 Å². The van der Waals surface area contributed by atoms with E-state index in [0.29, 0.717) is 0 Å². The first-order valence-electron chi connectivity index (χ1n) is 5.02. The number of rotatable bonds is 5. The van der Waals surface area contributed by atoms with Gasteiger partial charge in [-0.1, -0.05) is 0 Å². The van der Waals surface area contributed by atoms with E-state index < -0.39 is 0 Å². The van der Waals surface area contributed by atoms with Crippen LogP contribution in [0.15, 0.2) is 12.5 Å². The number of hydrogen-bond donors (Lipinski definition) is 1. The van der Waals surface area contributed by atoms with E-state index in [1.165, 1.54) is 0 Å². The van der Waals surface area contributed by atoms with E-state index >= 15 is 0 Å². The third-order valence-electron chi connectivity index (χ3n) is 2.12. The third kappa shape index (κ3) is 2.82. The Morgan fingerprint density at radius 1 is 1.57 bits per heavy atom. The quantitative estimate of drug-likeness (QED) is 0.774. The van der Waals surface area contributed by atoms with Gasteiger partial charge in [0.1, 0.15) is 0 Å². The van der Waals surface area contributed by atoms with Gasteiger partial charge in [0.25, 0.3) is 0 Å². The highest BCUT2D eigenvalue weighted by molar-refractivity contribution is 5.03. The van der Waals surface area contributed by atoms with Crippen molar-refractivity contribution in [2.45, 2.75) is 39.5 Å². The lowest BCUT2D eigenvalue weighted by molar-refractivity contribution is 0.0633. The number of nitrogens with zero attached hydrogens (tertiary/aromatic N) is 2. The molecule has 0 spiro atoms. The molecule has 80 valence electrons. The SMILES string of the molecule is CCOC(C)Cn1cncc1[C@@H](C)N. The normalized spacial score (nSPS) is 15.4. The fourth-order valence-electron chi connectivity index (χ4n) is 1.48. The molecule has 0 aliphatic rings. The van der Waals surface area contributed by atoms with Gasteiger partial charge in [-0.2, -0.15) is 0 Å². The average Bonchev–Trinajstić information content (AvgIpc) is 2.52. The van der Waals surface area contributed by atoms with Crippen molar-refractivity contribution >= 4 is 0 Å². The summed E-state index contributed by atoms with van der Waals surface area (Å²) < 4.78 is 7.51. The summed E-state index contributed by atoms with van der Waals surface area (Å²) in [6, 6.07) is 0.0197. The van der Waals surface area contributed by atoms with Crippen LogP contribution < -0.4 is 5.73 Å². The Morgan fingerprint density at radius 2 is 2.29 bits per heavy atom. The molecule has 2 atom stereocenters. The molecule has 0 aliphatic heterocycles. The molecule has 1 heterocycles. The second-order valence-electron chi connectivity index (χ2n) is 3.53. The molecule has 4 nitrogen and oxygen atoms in total. The second kappa shape index (κ2) is 5.12. The maximum atomic E-state index is 5.81. The number of ether oxygens (including phenoxy) is 1. The monoisotopic (exact) mass is 197 g/mol. The zero-order chi connectivity index (χ0) is 10.6. The smallest absolute Gasteiger partial charge is 0.0949 e. The topological polar surface area (TPSA) is 53.1 Å². The Balaban J connectivity index is 2.61. The predicted octanol–water partition coefficient (Wildman–Crippen LogP) is 1.33. The van der Waals surface area contributed by atoms with Crippen molar-refractivity contribution in [3.05, 3.63) is 18.2 Å². The van der Waals surface area contributed by atoms with Gasteiger partial charge >= 0.3 is 0 Å². The molecule has 0 aromatic carbocycles. The van der Waals surface area contributed by atoms with Gasteiger partial charge in [-0.05, 0) is 20.8 Å². The predicted molar refractivity (Wildman–Crippen MR) is 55.9 cm³/mol. The number of nitrogens with two attached hydrogens (primary N) is 1. The minimum atomic E-state index is 0.0197. The molecule has 2 N–H and O–H groups in total. The summed E-state index contributed by atoms with van der Waals surface area (Å²) in [5, 5.41) is 0. The first-order chi connectivity index (χ1) is 6.65. The molecular formula is C10H19N3O. The number of hydrogen-bond acceptors (Lipinski definition) is 3. The Bertz CT molecular complexity index is 270. The van der Waals surface area contributed by atoms with Gasteiger partial charge in [0.2, 0.25) is 0 Å². The van der Waals surface area contributed by atoms with Crippen molar-refractivity contribution in [2.75, 3.05) is 6.61 Å². The van der Waals surface area contributed by atoms with E-state index in [-0.39, 0.29) is 12.1 Å². The molecule has 1 aromatic heterocycles. The zero-order valence-electron chi connectivity index (χ0n) is 9.10. The van der Waals surface area contributed by atoms with Crippen molar-refractivity contribution in [2.24, 2.45) is 5.73 Å². The van der Waals surface area contributed by atoms with Crippen LogP contribution in [0.3, 0.4) is 0 Å². The summed E-state index contributed by atoms with van der Waals surface area (Å²) in [7, 11) is 0. The van der Waals surface area contributed by atoms with Crippen molar-refractivity contribution in [3.8, 4) is 0 Å². The molecule has 0 saturated heterocycles. The molecule has 1 unspecified atom stereocenters. The Kier molecular flexibility index (Phi) is 4.10. The van der Waals surface area contributed by atoms with E-state index in [9.17, 15) is 0 Å². The molecule has 0 fully saturated rings. The number of aromatic nitrogens is 2. The summed E-state index contributed by atoms with van der Waals surface area (Å²) in [6.07, 6.45) is 3.81. The standard InChI is InChI=1S/C10H19N3O/c1-4-14-8(2)6-13-7-12-5-10(13)9(3)11/h5,7-9H,4,6,11H2,1-3H3/t8?,9-/m1/s1. The molecule has 1 aromatic rings. The van der Waals surface area contributed by atoms with Gasteiger partial charge in [0, 0.05) is 25.4 Å². The van der Waals surface area contributed by atoms with E-state index in [4.69, 9.17) is 10.5 Å². The van der Waals surface area contributed by atoms with Crippen LogP contribution in [0, 0.1) is 0 Å². The van der Waals surface area contributed by atoms with E-state index in [2.05, 4.69) is 11.9 Å². The van der Waals surface area contributed by atoms with Gasteiger partial charge in [-0.25, -0.2) is 4.98 Å². The molecule has 0 aliphatic carbocycles. The van der Waals surface area contributed by atoms with Crippen LogP contribution in [-0.2, 0) is 11.3 Å². The highest BCUT2D eigenvalue weighted by atomic mass is 16.5. The van der Waals surface area contributed by atoms with Gasteiger partial charge in [-0.15, -0.1) is 0 Å². The summed E-state index contributed by atoms with van der Waals surface area (Å²) in [4.78, 5) is 4.08. The van der Waals surface area contributed by atoms with Crippen molar-refractivity contribution < 1.29 is 4.74 Å². The minimum absolute atomic E-state index is 0.0197. The molecule has 0 radical (unpaired) electrons. The van der Waals surface area contributed by atoms with Crippen LogP contribution in [0.4, 0.5) is 0 Å². The van der Waals surface area contributed by atoms with E-state index in [1.807, 2.05) is 24.6 Å². The summed E-state index contributed by atoms with van der Waals surface area (Å²) >= 11 is 0. The average molecular weight is 197 g/mol. The summed E-state index contributed by atoms with van der Waals surface area (Å²) in [5.74, 6) is 0. The highest BCUT2D eigenvalue weighted by Crippen LogP contribution is 2.09. The second-order valence-corrected chi connectivity index (χ2v) is 3.53. The maximum absolute atomic E-state index is 5.81. The summed E-state index contributed by atoms with van der Waals surface area (Å²) in [6.45, 7) is 7.55. The van der Waals surface area contributed by atoms with Crippen molar-refractivity contribution in [3.63, 3.8) is 0 Å². The molecule has 14 heavy (non-hydrogen) atoms. The van der Waals surface area contributed by atoms with E-state index in [1.54, 1.807) is 6.33 Å². The first-order valence-corrected chi connectivity index (χ1v) is 5.02. The fraction of sp³-hybridized carbons (Fsp3) is 0.700. The largest absolute Gasteiger partial charge is 0.377 e. The zero-order valence-corrected chi connectivity index (χ0v) is 9.10. The third-order valence-corrected chi connectivity index (χ3v) is 2.12. The molecule has 1 rings (SSSR count). The lowest BCUT2D eigenvalue weighted by atomic mass is 10.2. The van der Waals surface area contributed by atoms with Crippen LogP contribution in [0.5, 0.6) is 0 Å². The van der Waals surface area contributed by atoms with Gasteiger partial charge in [-0.3, -0.25) is 0 Å². The van der Waals surface area contributed by atoms with Crippen LogP contribution in [-0.4, -0.2) is 22.3 Å². The highest BCUT2D eigenvalue weighted by Gasteiger charge is 2.09. The molecule has 0 bridgehead atoms. The van der Waals surface area contributed by atoms with Crippen molar-refractivity contribution in [1.29, 1.82) is 0 Å². The molecular weight excluding hydrogens is 178 g/mol. The first kappa shape index (κ1) is 11.2. The summed E-state index contributed by atoms with van der Waals surface area (Å²) in [5.41, 5.74) is 6.86. The van der Waals surface area contributed by atoms with E-state index in [0.717, 1.165) is 18.8 Å². The van der Waals surface area contributed by atoms with Gasteiger partial charge < -0.3 is 15.0 Å². The maximum Gasteiger partial charge on any atom is 0.0949 e. The Morgan fingerprint density at radius 3 is 2.86 bits per heavy atom. The fourth-order valence-corrected chi connectivity index (χ4v) is 1.48. The molecule has 0 amide bonds. The number of imidazole rings is 1. The minimum Gasteiger partial charge on any atom is -0.377 e. The van der Waals surface area contributed by atoms with Crippen LogP contribution in [0.25, 0.3) is 0 Å². The Labute approximate surface area is 85.1 Å².